The Hall–Kier alpha value is -0.940. The zero-order valence-corrected chi connectivity index (χ0v) is 11.0. The molecule has 0 spiro atoms. The molecule has 0 aromatic carbocycles. The molecule has 0 aromatic heterocycles. The lowest BCUT2D eigenvalue weighted by molar-refractivity contribution is -0.142. The first-order valence-corrected chi connectivity index (χ1v) is 6.55. The molecule has 0 saturated carbocycles. The summed E-state index contributed by atoms with van der Waals surface area (Å²) in [6, 6.07) is 0. The van der Waals surface area contributed by atoms with E-state index in [-0.39, 0.29) is 24.4 Å². The Morgan fingerprint density at radius 3 is 2.50 bits per heavy atom. The fraction of sp³-hybridized carbons (Fsp3) is 0.846. The van der Waals surface area contributed by atoms with Gasteiger partial charge in [0.15, 0.2) is 5.78 Å². The highest BCUT2D eigenvalue weighted by atomic mass is 16.5. The summed E-state index contributed by atoms with van der Waals surface area (Å²) >= 11 is 0. The van der Waals surface area contributed by atoms with Gasteiger partial charge in [0, 0.05) is 5.92 Å². The van der Waals surface area contributed by atoms with Crippen molar-refractivity contribution >= 4 is 11.8 Å². The van der Waals surface area contributed by atoms with Crippen LogP contribution in [-0.4, -0.2) is 40.3 Å². The van der Waals surface area contributed by atoms with Crippen LogP contribution >= 0.6 is 0 Å². The molecule has 4 atom stereocenters. The lowest BCUT2D eigenvalue weighted by Gasteiger charge is -2.17. The van der Waals surface area contributed by atoms with E-state index in [1.165, 1.54) is 0 Å². The van der Waals surface area contributed by atoms with Gasteiger partial charge >= 0.3 is 5.97 Å². The van der Waals surface area contributed by atoms with Crippen molar-refractivity contribution in [3.05, 3.63) is 0 Å². The maximum atomic E-state index is 11.6. The summed E-state index contributed by atoms with van der Waals surface area (Å²) in [6.07, 6.45) is -0.343. The number of ether oxygens (including phenoxy) is 1. The van der Waals surface area contributed by atoms with Gasteiger partial charge in [0.05, 0.1) is 6.42 Å². The van der Waals surface area contributed by atoms with Crippen LogP contribution in [0.4, 0.5) is 0 Å². The minimum atomic E-state index is -1.17. The van der Waals surface area contributed by atoms with E-state index in [1.54, 1.807) is 0 Å². The number of hydrogen-bond donors (Lipinski definition) is 2. The number of esters is 1. The van der Waals surface area contributed by atoms with E-state index in [0.29, 0.717) is 25.7 Å². The topological polar surface area (TPSA) is 83.8 Å². The van der Waals surface area contributed by atoms with Crippen LogP contribution in [0.15, 0.2) is 0 Å². The SMILES string of the molecule is CCC[C@@H](O)C(=O)[C@H](O)CC[C@@H]1OC(=O)C[C@H]1C. The number of aliphatic hydroxyl groups excluding tert-OH is 2. The largest absolute Gasteiger partial charge is 0.462 e. The van der Waals surface area contributed by atoms with Gasteiger partial charge in [0.25, 0.3) is 0 Å². The van der Waals surface area contributed by atoms with Gasteiger partial charge in [-0.1, -0.05) is 20.3 Å². The Bertz CT molecular complexity index is 302. The van der Waals surface area contributed by atoms with Gasteiger partial charge in [0.1, 0.15) is 18.3 Å². The minimum absolute atomic E-state index is 0.125. The first kappa shape index (κ1) is 15.1. The van der Waals surface area contributed by atoms with Gasteiger partial charge in [-0.15, -0.1) is 0 Å². The molecule has 1 saturated heterocycles. The maximum absolute atomic E-state index is 11.6. The molecule has 1 aliphatic rings. The van der Waals surface area contributed by atoms with Gasteiger partial charge < -0.3 is 14.9 Å². The number of rotatable bonds is 7. The zero-order valence-electron chi connectivity index (χ0n) is 11.0. The molecular weight excluding hydrogens is 236 g/mol. The van der Waals surface area contributed by atoms with Crippen LogP contribution in [0.25, 0.3) is 0 Å². The average molecular weight is 258 g/mol. The Kier molecular flexibility index (Phi) is 5.75. The minimum Gasteiger partial charge on any atom is -0.462 e. The fourth-order valence-electron chi connectivity index (χ4n) is 2.17. The molecule has 0 radical (unpaired) electrons. The standard InChI is InChI=1S/C13H22O5/c1-3-4-9(14)13(17)10(15)5-6-11-8(2)7-12(16)18-11/h8-11,14-15H,3-7H2,1-2H3/t8-,9-,10-,11+/m1/s1. The predicted molar refractivity (Wildman–Crippen MR) is 64.8 cm³/mol. The van der Waals surface area contributed by atoms with E-state index in [2.05, 4.69) is 0 Å². The molecule has 0 amide bonds. The second-order valence-electron chi connectivity index (χ2n) is 5.01. The third-order valence-electron chi connectivity index (χ3n) is 3.35. The molecule has 0 unspecified atom stereocenters. The lowest BCUT2D eigenvalue weighted by atomic mass is 9.96. The lowest BCUT2D eigenvalue weighted by Crippen LogP contribution is -2.33. The van der Waals surface area contributed by atoms with Crippen LogP contribution in [-0.2, 0) is 14.3 Å². The van der Waals surface area contributed by atoms with E-state index in [1.807, 2.05) is 13.8 Å². The normalized spacial score (nSPS) is 26.8. The smallest absolute Gasteiger partial charge is 0.306 e. The third-order valence-corrected chi connectivity index (χ3v) is 3.35. The highest BCUT2D eigenvalue weighted by molar-refractivity contribution is 5.86. The van der Waals surface area contributed by atoms with E-state index in [0.717, 1.165) is 0 Å². The van der Waals surface area contributed by atoms with Crippen molar-refractivity contribution in [1.82, 2.24) is 0 Å². The number of carbonyl (C=O) groups excluding carboxylic acids is 2. The van der Waals surface area contributed by atoms with Crippen LogP contribution in [0, 0.1) is 5.92 Å². The average Bonchev–Trinajstić information content (AvgIpc) is 2.64. The summed E-state index contributed by atoms with van der Waals surface area (Å²) in [5.41, 5.74) is 0. The Balaban J connectivity index is 2.34. The van der Waals surface area contributed by atoms with Crippen LogP contribution < -0.4 is 0 Å². The first-order chi connectivity index (χ1) is 8.45. The monoisotopic (exact) mass is 258 g/mol. The number of Topliss-reactive ketones (excluding diaryl/α,β-unsaturated/α-hetero) is 1. The maximum Gasteiger partial charge on any atom is 0.306 e. The van der Waals surface area contributed by atoms with Gasteiger partial charge in [-0.3, -0.25) is 9.59 Å². The summed E-state index contributed by atoms with van der Waals surface area (Å²) in [5, 5.41) is 19.2. The van der Waals surface area contributed by atoms with Crippen molar-refractivity contribution in [2.45, 2.75) is 64.3 Å². The molecule has 0 aliphatic carbocycles. The third kappa shape index (κ3) is 4.07. The van der Waals surface area contributed by atoms with Gasteiger partial charge in [-0.2, -0.15) is 0 Å². The van der Waals surface area contributed by atoms with Crippen LogP contribution in [0.2, 0.25) is 0 Å². The highest BCUT2D eigenvalue weighted by Gasteiger charge is 2.32. The molecule has 0 aromatic rings. The van der Waals surface area contributed by atoms with Crippen LogP contribution in [0.1, 0.15) is 46.0 Å². The van der Waals surface area contributed by atoms with Gasteiger partial charge in [0.2, 0.25) is 0 Å². The van der Waals surface area contributed by atoms with Crippen molar-refractivity contribution in [1.29, 1.82) is 0 Å². The molecule has 104 valence electrons. The second kappa shape index (κ2) is 6.85. The number of hydrogen-bond acceptors (Lipinski definition) is 5. The molecule has 5 nitrogen and oxygen atoms in total. The molecule has 5 heteroatoms. The second-order valence-corrected chi connectivity index (χ2v) is 5.01. The summed E-state index contributed by atoms with van der Waals surface area (Å²) < 4.78 is 5.09. The van der Waals surface area contributed by atoms with Crippen LogP contribution in [0.3, 0.4) is 0 Å². The first-order valence-electron chi connectivity index (χ1n) is 6.55. The molecule has 1 heterocycles. The number of cyclic esters (lactones) is 1. The van der Waals surface area contributed by atoms with Crippen molar-refractivity contribution < 1.29 is 24.5 Å². The fourth-order valence-corrected chi connectivity index (χ4v) is 2.17. The van der Waals surface area contributed by atoms with E-state index >= 15 is 0 Å². The van der Waals surface area contributed by atoms with Crippen molar-refractivity contribution in [3.8, 4) is 0 Å². The Morgan fingerprint density at radius 1 is 1.39 bits per heavy atom. The van der Waals surface area contributed by atoms with E-state index in [9.17, 15) is 19.8 Å². The molecule has 18 heavy (non-hydrogen) atoms. The zero-order chi connectivity index (χ0) is 13.7. The number of aliphatic hydroxyl groups is 2. The van der Waals surface area contributed by atoms with Gasteiger partial charge in [-0.05, 0) is 19.3 Å². The number of carbonyl (C=O) groups is 2. The van der Waals surface area contributed by atoms with Crippen molar-refractivity contribution in [2.24, 2.45) is 5.92 Å². The van der Waals surface area contributed by atoms with Crippen molar-refractivity contribution in [3.63, 3.8) is 0 Å². The molecule has 0 bridgehead atoms. The molecule has 2 N–H and O–H groups in total. The summed E-state index contributed by atoms with van der Waals surface area (Å²) in [7, 11) is 0. The highest BCUT2D eigenvalue weighted by Crippen LogP contribution is 2.25. The van der Waals surface area contributed by atoms with Crippen LogP contribution in [0.5, 0.6) is 0 Å². The van der Waals surface area contributed by atoms with E-state index in [4.69, 9.17) is 4.74 Å². The van der Waals surface area contributed by atoms with Gasteiger partial charge in [-0.25, -0.2) is 0 Å². The summed E-state index contributed by atoms with van der Waals surface area (Å²) in [4.78, 5) is 22.6. The molecule has 1 rings (SSSR count). The molecule has 1 fully saturated rings. The summed E-state index contributed by atoms with van der Waals surface area (Å²) in [6.45, 7) is 3.78. The molecule has 1 aliphatic heterocycles. The Morgan fingerprint density at radius 2 is 2.00 bits per heavy atom. The number of ketones is 1. The Labute approximate surface area is 107 Å². The molecular formula is C13H22O5. The van der Waals surface area contributed by atoms with E-state index < -0.39 is 18.0 Å². The predicted octanol–water partition coefficient (Wildman–Crippen LogP) is 0.809. The summed E-state index contributed by atoms with van der Waals surface area (Å²) in [5.74, 6) is -0.631. The van der Waals surface area contributed by atoms with Crippen molar-refractivity contribution in [2.75, 3.05) is 0 Å². The quantitative estimate of drug-likeness (QED) is 0.660.